The Bertz CT molecular complexity index is 1040. The van der Waals surface area contributed by atoms with Crippen LogP contribution in [0.25, 0.3) is 0 Å². The van der Waals surface area contributed by atoms with E-state index in [2.05, 4.69) is 16.6 Å². The number of ether oxygens (including phenoxy) is 1. The maximum Gasteiger partial charge on any atom is 0.411 e. The van der Waals surface area contributed by atoms with Gasteiger partial charge in [-0.25, -0.2) is 4.79 Å². The Kier molecular flexibility index (Phi) is 7.13. The molecular formula is C19H14ClN5O4. The van der Waals surface area contributed by atoms with Crippen LogP contribution in [-0.4, -0.2) is 29.9 Å². The molecule has 0 aliphatic carbocycles. The van der Waals surface area contributed by atoms with Crippen molar-refractivity contribution in [3.8, 4) is 17.9 Å². The summed E-state index contributed by atoms with van der Waals surface area (Å²) in [6.45, 7) is 0. The molecule has 0 spiro atoms. The molecular weight excluding hydrogens is 398 g/mol. The maximum absolute atomic E-state index is 11.5. The number of nitrogens with zero attached hydrogens (tertiary/aromatic N) is 3. The molecule has 0 heterocycles. The molecule has 0 bridgehead atoms. The summed E-state index contributed by atoms with van der Waals surface area (Å²) in [5.41, 5.74) is 3.49. The number of hydrogen-bond donors (Lipinski definition) is 3. The van der Waals surface area contributed by atoms with Gasteiger partial charge in [0, 0.05) is 16.7 Å². The number of carboxylic acid groups (broad SMARTS) is 1. The number of methoxy groups -OCH3 is 1. The fourth-order valence-electron chi connectivity index (χ4n) is 2.40. The number of benzene rings is 2. The molecule has 0 aliphatic heterocycles. The molecule has 3 N–H and O–H groups in total. The highest BCUT2D eigenvalue weighted by Gasteiger charge is 2.19. The highest BCUT2D eigenvalue weighted by atomic mass is 35.5. The highest BCUT2D eigenvalue weighted by Crippen LogP contribution is 2.34. The van der Waals surface area contributed by atoms with E-state index in [9.17, 15) is 14.9 Å². The third-order valence-electron chi connectivity index (χ3n) is 3.72. The van der Waals surface area contributed by atoms with Crippen molar-refractivity contribution in [1.82, 2.24) is 5.32 Å². The maximum atomic E-state index is 11.5. The first-order valence-corrected chi connectivity index (χ1v) is 8.38. The third kappa shape index (κ3) is 5.45. The summed E-state index contributed by atoms with van der Waals surface area (Å²) >= 11 is 5.89. The minimum Gasteiger partial charge on any atom is -0.496 e. The number of rotatable bonds is 6. The Hall–Kier alpha value is -4.08. The number of halogens is 1. The normalized spacial score (nSPS) is 11.5. The molecule has 0 fully saturated rings. The van der Waals surface area contributed by atoms with Crippen molar-refractivity contribution < 1.29 is 19.4 Å². The zero-order valence-corrected chi connectivity index (χ0v) is 15.8. The van der Waals surface area contributed by atoms with E-state index >= 15 is 0 Å². The van der Waals surface area contributed by atoms with E-state index in [1.54, 1.807) is 36.4 Å². The van der Waals surface area contributed by atoms with Gasteiger partial charge in [-0.15, -0.1) is 0 Å². The molecule has 10 heteroatoms. The summed E-state index contributed by atoms with van der Waals surface area (Å²) in [6.07, 6.45) is -1.60. The lowest BCUT2D eigenvalue weighted by molar-refractivity contribution is -0.114. The lowest BCUT2D eigenvalue weighted by Crippen LogP contribution is -2.34. The zero-order chi connectivity index (χ0) is 21.4. The molecule has 2 aromatic rings. The largest absolute Gasteiger partial charge is 0.496 e. The number of carbonyl (C=O) groups excluding carboxylic acids is 1. The summed E-state index contributed by atoms with van der Waals surface area (Å²) in [4.78, 5) is 22.0. The molecule has 0 radical (unpaired) electrons. The second kappa shape index (κ2) is 9.74. The highest BCUT2D eigenvalue weighted by molar-refractivity contribution is 6.46. The van der Waals surface area contributed by atoms with E-state index in [4.69, 9.17) is 26.7 Å². The molecule has 29 heavy (non-hydrogen) atoms. The lowest BCUT2D eigenvalue weighted by atomic mass is 9.92. The quantitative estimate of drug-likeness (QED) is 0.488. The molecule has 0 aromatic heterocycles. The van der Waals surface area contributed by atoms with Gasteiger partial charge in [-0.2, -0.15) is 15.6 Å². The molecule has 0 saturated carbocycles. The van der Waals surface area contributed by atoms with Gasteiger partial charge < -0.3 is 9.84 Å². The number of carbonyl (C=O) groups is 2. The topological polar surface area (TPSA) is 148 Å². The van der Waals surface area contributed by atoms with Gasteiger partial charge in [0.15, 0.2) is 0 Å². The summed E-state index contributed by atoms with van der Waals surface area (Å²) in [7, 11) is 1.43. The van der Waals surface area contributed by atoms with E-state index in [0.717, 1.165) is 5.56 Å². The van der Waals surface area contributed by atoms with Crippen molar-refractivity contribution >= 4 is 35.0 Å². The number of nitriles is 2. The third-order valence-corrected chi connectivity index (χ3v) is 3.97. The lowest BCUT2D eigenvalue weighted by Gasteiger charge is -2.15. The van der Waals surface area contributed by atoms with Gasteiger partial charge in [0.05, 0.1) is 24.8 Å². The molecule has 2 aromatic carbocycles. The number of anilines is 1. The van der Waals surface area contributed by atoms with Gasteiger partial charge in [-0.1, -0.05) is 29.8 Å². The van der Waals surface area contributed by atoms with E-state index in [-0.39, 0.29) is 0 Å². The van der Waals surface area contributed by atoms with E-state index < -0.39 is 23.6 Å². The molecule has 146 valence electrons. The van der Waals surface area contributed by atoms with Crippen molar-refractivity contribution in [1.29, 1.82) is 10.5 Å². The zero-order valence-electron chi connectivity index (χ0n) is 15.0. The predicted octanol–water partition coefficient (Wildman–Crippen LogP) is 3.09. The van der Waals surface area contributed by atoms with Crippen molar-refractivity contribution in [2.24, 2.45) is 5.10 Å². The molecule has 0 saturated heterocycles. The van der Waals surface area contributed by atoms with Crippen LogP contribution >= 0.6 is 11.6 Å². The molecule has 9 nitrogen and oxygen atoms in total. The van der Waals surface area contributed by atoms with Crippen LogP contribution in [0.2, 0.25) is 5.02 Å². The smallest absolute Gasteiger partial charge is 0.411 e. The van der Waals surface area contributed by atoms with Gasteiger partial charge in [0.1, 0.15) is 11.8 Å². The fourth-order valence-corrected chi connectivity index (χ4v) is 2.53. The Morgan fingerprint density at radius 1 is 1.21 bits per heavy atom. The van der Waals surface area contributed by atoms with Crippen LogP contribution in [0.15, 0.2) is 47.6 Å². The van der Waals surface area contributed by atoms with E-state index in [0.29, 0.717) is 22.0 Å². The van der Waals surface area contributed by atoms with Crippen LogP contribution in [-0.2, 0) is 4.79 Å². The molecule has 2 amide bonds. The van der Waals surface area contributed by atoms with Gasteiger partial charge >= 0.3 is 6.09 Å². The molecule has 1 unspecified atom stereocenters. The van der Waals surface area contributed by atoms with Crippen LogP contribution < -0.4 is 15.5 Å². The Morgan fingerprint density at radius 2 is 1.90 bits per heavy atom. The minimum atomic E-state index is -1.60. The van der Waals surface area contributed by atoms with Gasteiger partial charge in [-0.3, -0.25) is 15.5 Å². The van der Waals surface area contributed by atoms with Crippen LogP contribution in [0, 0.1) is 22.7 Å². The first kappa shape index (κ1) is 21.2. The summed E-state index contributed by atoms with van der Waals surface area (Å²) in [6, 6.07) is 15.3. The Morgan fingerprint density at radius 3 is 2.45 bits per heavy atom. The first-order valence-electron chi connectivity index (χ1n) is 8.00. The average molecular weight is 412 g/mol. The number of nitrogens with one attached hydrogen (secondary N) is 2. The molecule has 2 rings (SSSR count). The average Bonchev–Trinajstić information content (AvgIpc) is 2.70. The van der Waals surface area contributed by atoms with Gasteiger partial charge in [-0.05, 0) is 23.8 Å². The number of hydrazone groups is 1. The van der Waals surface area contributed by atoms with Crippen LogP contribution in [0.4, 0.5) is 10.5 Å². The summed E-state index contributed by atoms with van der Waals surface area (Å²) in [5, 5.41) is 32.8. The minimum absolute atomic E-state index is 0.356. The number of amides is 2. The predicted molar refractivity (Wildman–Crippen MR) is 105 cm³/mol. The summed E-state index contributed by atoms with van der Waals surface area (Å²) in [5.74, 6) is -1.40. The number of imide groups is 1. The SMILES string of the molecule is COc1cc(N/N=C(\C#N)C(=O)NC(=O)O)ccc1C(C#N)c1ccc(Cl)cc1. The molecule has 0 aliphatic rings. The van der Waals surface area contributed by atoms with Crippen LogP contribution in [0.5, 0.6) is 5.75 Å². The van der Waals surface area contributed by atoms with Crippen molar-refractivity contribution in [3.05, 3.63) is 58.6 Å². The van der Waals surface area contributed by atoms with Crippen LogP contribution in [0.3, 0.4) is 0 Å². The Balaban J connectivity index is 2.30. The monoisotopic (exact) mass is 411 g/mol. The van der Waals surface area contributed by atoms with E-state index in [1.807, 2.05) is 0 Å². The van der Waals surface area contributed by atoms with Crippen molar-refractivity contribution in [2.75, 3.05) is 12.5 Å². The Labute approximate surface area is 170 Å². The molecule has 1 atom stereocenters. The van der Waals surface area contributed by atoms with Crippen molar-refractivity contribution in [3.63, 3.8) is 0 Å². The van der Waals surface area contributed by atoms with Crippen molar-refractivity contribution in [2.45, 2.75) is 5.92 Å². The first-order chi connectivity index (χ1) is 13.9. The van der Waals surface area contributed by atoms with E-state index in [1.165, 1.54) is 24.6 Å². The fraction of sp³-hybridized carbons (Fsp3) is 0.105. The number of hydrogen-bond acceptors (Lipinski definition) is 7. The van der Waals surface area contributed by atoms with Gasteiger partial charge in [0.25, 0.3) is 5.91 Å². The standard InChI is InChI=1S/C19H14ClN5O4/c1-29-17-8-13(24-25-16(10-22)18(26)23-19(27)28)6-7-14(17)15(9-21)11-2-4-12(20)5-3-11/h2-8,15,24H,1H3,(H,23,26)(H,27,28)/b25-16+. The second-order valence-electron chi connectivity index (χ2n) is 5.51. The van der Waals surface area contributed by atoms with Crippen LogP contribution in [0.1, 0.15) is 17.0 Å². The van der Waals surface area contributed by atoms with Gasteiger partial charge in [0.2, 0.25) is 5.71 Å². The second-order valence-corrected chi connectivity index (χ2v) is 5.95. The summed E-state index contributed by atoms with van der Waals surface area (Å²) < 4.78 is 5.36.